The Kier molecular flexibility index (Phi) is 6.24. The van der Waals surface area contributed by atoms with Crippen LogP contribution < -0.4 is 10.5 Å². The fourth-order valence-electron chi connectivity index (χ4n) is 4.28. The quantitative estimate of drug-likeness (QED) is 0.574. The zero-order valence-electron chi connectivity index (χ0n) is 17.8. The van der Waals surface area contributed by atoms with Crippen LogP contribution in [0.4, 0.5) is 23.2 Å². The number of hydrogen-bond acceptors (Lipinski definition) is 3. The molecule has 0 spiro atoms. The van der Waals surface area contributed by atoms with E-state index in [-0.39, 0.29) is 5.56 Å². The van der Waals surface area contributed by atoms with Crippen molar-refractivity contribution < 1.29 is 17.6 Å². The Morgan fingerprint density at radius 3 is 2.31 bits per heavy atom. The number of fused-ring (bicyclic) bond motifs is 1. The first kappa shape index (κ1) is 22.3. The van der Waals surface area contributed by atoms with Crippen molar-refractivity contribution in [2.45, 2.75) is 25.9 Å². The van der Waals surface area contributed by atoms with Crippen molar-refractivity contribution >= 4 is 16.5 Å². The number of nitrogens with one attached hydrogen (secondary N) is 1. The van der Waals surface area contributed by atoms with Crippen LogP contribution in [0.3, 0.4) is 0 Å². The molecule has 1 aromatic heterocycles. The average Bonchev–Trinajstić information content (AvgIpc) is 2.75. The molecule has 2 heterocycles. The number of hydrogen-bond donors (Lipinski definition) is 1. The molecule has 1 fully saturated rings. The van der Waals surface area contributed by atoms with Crippen molar-refractivity contribution in [3.8, 4) is 0 Å². The second-order valence-corrected chi connectivity index (χ2v) is 8.28. The fourth-order valence-corrected chi connectivity index (χ4v) is 4.28. The number of alkyl halides is 3. The van der Waals surface area contributed by atoms with Crippen LogP contribution in [0.25, 0.3) is 10.8 Å². The van der Waals surface area contributed by atoms with E-state index in [0.717, 1.165) is 73.6 Å². The number of pyridine rings is 1. The van der Waals surface area contributed by atoms with Gasteiger partial charge in [0.05, 0.1) is 10.9 Å². The van der Waals surface area contributed by atoms with Crippen LogP contribution in [0, 0.1) is 12.7 Å². The number of anilines is 1. The lowest BCUT2D eigenvalue weighted by Gasteiger charge is -2.36. The van der Waals surface area contributed by atoms with Gasteiger partial charge in [-0.3, -0.25) is 9.69 Å². The van der Waals surface area contributed by atoms with Crippen molar-refractivity contribution in [3.63, 3.8) is 0 Å². The number of nitrogens with zero attached hydrogens (tertiary/aromatic N) is 2. The Hall–Kier alpha value is -2.87. The summed E-state index contributed by atoms with van der Waals surface area (Å²) >= 11 is 0. The van der Waals surface area contributed by atoms with E-state index in [4.69, 9.17) is 0 Å². The van der Waals surface area contributed by atoms with Crippen LogP contribution >= 0.6 is 0 Å². The molecule has 4 rings (SSSR count). The summed E-state index contributed by atoms with van der Waals surface area (Å²) < 4.78 is 51.8. The van der Waals surface area contributed by atoms with Gasteiger partial charge in [0.15, 0.2) is 0 Å². The van der Waals surface area contributed by atoms with Gasteiger partial charge in [0.25, 0.3) is 5.56 Å². The lowest BCUT2D eigenvalue weighted by molar-refractivity contribution is -0.137. The molecule has 170 valence electrons. The first-order valence-electron chi connectivity index (χ1n) is 10.7. The maximum absolute atomic E-state index is 13.6. The van der Waals surface area contributed by atoms with Gasteiger partial charge in [0, 0.05) is 37.6 Å². The van der Waals surface area contributed by atoms with Gasteiger partial charge < -0.3 is 9.88 Å². The highest BCUT2D eigenvalue weighted by Gasteiger charge is 2.30. The van der Waals surface area contributed by atoms with E-state index < -0.39 is 17.6 Å². The lowest BCUT2D eigenvalue weighted by Crippen LogP contribution is -2.46. The molecule has 0 aliphatic carbocycles. The molecule has 32 heavy (non-hydrogen) atoms. The topological polar surface area (TPSA) is 39.3 Å². The first-order valence-corrected chi connectivity index (χ1v) is 10.7. The molecule has 3 aromatic rings. The Morgan fingerprint density at radius 2 is 1.66 bits per heavy atom. The van der Waals surface area contributed by atoms with Crippen molar-refractivity contribution in [1.29, 1.82) is 0 Å². The Bertz CT molecular complexity index is 1150. The first-order chi connectivity index (χ1) is 15.2. The molecular weight excluding hydrogens is 422 g/mol. The summed E-state index contributed by atoms with van der Waals surface area (Å²) in [7, 11) is 0. The van der Waals surface area contributed by atoms with Gasteiger partial charge in [-0.15, -0.1) is 0 Å². The third-order valence-electron chi connectivity index (χ3n) is 6.04. The zero-order chi connectivity index (χ0) is 22.9. The third kappa shape index (κ3) is 4.96. The highest BCUT2D eigenvalue weighted by molar-refractivity contribution is 5.85. The van der Waals surface area contributed by atoms with Crippen LogP contribution in [0.5, 0.6) is 0 Å². The van der Waals surface area contributed by atoms with Crippen LogP contribution in [0.15, 0.2) is 47.3 Å². The Labute approximate surface area is 183 Å². The van der Waals surface area contributed by atoms with Gasteiger partial charge in [-0.05, 0) is 79.7 Å². The molecule has 0 unspecified atom stereocenters. The average molecular weight is 447 g/mol. The maximum Gasteiger partial charge on any atom is 0.416 e. The monoisotopic (exact) mass is 447 g/mol. The Balaban J connectivity index is 1.30. The molecule has 0 bridgehead atoms. The SMILES string of the molecule is Cc1cc(F)cc2c(=O)[nH]c(CCCN3CCN(c4ccc(C(F)(F)F)cc4)CC3)cc12. The van der Waals surface area contributed by atoms with E-state index in [1.54, 1.807) is 6.92 Å². The molecule has 0 radical (unpaired) electrons. The van der Waals surface area contributed by atoms with Crippen molar-refractivity contribution in [2.75, 3.05) is 37.6 Å². The minimum absolute atomic E-state index is 0.273. The van der Waals surface area contributed by atoms with Gasteiger partial charge >= 0.3 is 6.18 Å². The summed E-state index contributed by atoms with van der Waals surface area (Å²) in [5.74, 6) is -0.413. The molecule has 2 aromatic carbocycles. The predicted octanol–water partition coefficient (Wildman–Crippen LogP) is 4.75. The van der Waals surface area contributed by atoms with E-state index in [9.17, 15) is 22.4 Å². The summed E-state index contributed by atoms with van der Waals surface area (Å²) in [6.07, 6.45) is -2.75. The van der Waals surface area contributed by atoms with Gasteiger partial charge in [0.2, 0.25) is 0 Å². The summed E-state index contributed by atoms with van der Waals surface area (Å²) in [5, 5.41) is 1.14. The van der Waals surface area contributed by atoms with Gasteiger partial charge in [-0.2, -0.15) is 13.2 Å². The molecular formula is C24H25F4N3O. The zero-order valence-corrected chi connectivity index (χ0v) is 17.8. The van der Waals surface area contributed by atoms with Crippen LogP contribution in [0.1, 0.15) is 23.2 Å². The summed E-state index contributed by atoms with van der Waals surface area (Å²) in [6.45, 7) is 5.82. The predicted molar refractivity (Wildman–Crippen MR) is 118 cm³/mol. The standard InChI is InChI=1S/C24H25F4N3O/c1-16-13-18(25)14-22-21(16)15-19(29-23(22)32)3-2-8-30-9-11-31(12-10-30)20-6-4-17(5-7-20)24(26,27)28/h4-7,13-15H,2-3,8-12H2,1H3,(H,29,32). The molecule has 1 aliphatic heterocycles. The van der Waals surface area contributed by atoms with E-state index in [0.29, 0.717) is 11.8 Å². The van der Waals surface area contributed by atoms with Crippen molar-refractivity contribution in [1.82, 2.24) is 9.88 Å². The van der Waals surface area contributed by atoms with Gasteiger partial charge in [-0.1, -0.05) is 0 Å². The number of piperazine rings is 1. The molecule has 1 N–H and O–H groups in total. The van der Waals surface area contributed by atoms with Crippen molar-refractivity contribution in [3.05, 3.63) is 75.5 Å². The summed E-state index contributed by atoms with van der Waals surface area (Å²) in [6, 6.07) is 9.94. The van der Waals surface area contributed by atoms with Crippen LogP contribution in [-0.4, -0.2) is 42.6 Å². The highest BCUT2D eigenvalue weighted by Crippen LogP contribution is 2.30. The second kappa shape index (κ2) is 8.94. The van der Waals surface area contributed by atoms with E-state index >= 15 is 0 Å². The number of aryl methyl sites for hydroxylation is 2. The third-order valence-corrected chi connectivity index (χ3v) is 6.04. The lowest BCUT2D eigenvalue weighted by atomic mass is 10.0. The summed E-state index contributed by atoms with van der Waals surface area (Å²) in [5.41, 5.74) is 1.47. The number of benzene rings is 2. The second-order valence-electron chi connectivity index (χ2n) is 8.28. The van der Waals surface area contributed by atoms with Crippen molar-refractivity contribution in [2.24, 2.45) is 0 Å². The van der Waals surface area contributed by atoms with E-state index in [1.807, 2.05) is 6.07 Å². The maximum atomic E-state index is 13.6. The normalized spacial score (nSPS) is 15.5. The number of aromatic amines is 1. The van der Waals surface area contributed by atoms with Gasteiger partial charge in [-0.25, -0.2) is 4.39 Å². The number of halogens is 4. The van der Waals surface area contributed by atoms with Gasteiger partial charge in [0.1, 0.15) is 5.82 Å². The molecule has 4 nitrogen and oxygen atoms in total. The number of rotatable bonds is 5. The molecule has 0 amide bonds. The fraction of sp³-hybridized carbons (Fsp3) is 0.375. The Morgan fingerprint density at radius 1 is 0.969 bits per heavy atom. The van der Waals surface area contributed by atoms with E-state index in [2.05, 4.69) is 14.8 Å². The minimum Gasteiger partial charge on any atom is -0.369 e. The molecule has 8 heteroatoms. The molecule has 1 aliphatic rings. The smallest absolute Gasteiger partial charge is 0.369 e. The molecule has 0 atom stereocenters. The molecule has 0 saturated carbocycles. The van der Waals surface area contributed by atoms with Crippen LogP contribution in [-0.2, 0) is 12.6 Å². The number of H-pyrrole nitrogens is 1. The molecule has 1 saturated heterocycles. The highest BCUT2D eigenvalue weighted by atomic mass is 19.4. The summed E-state index contributed by atoms with van der Waals surface area (Å²) in [4.78, 5) is 19.6. The largest absolute Gasteiger partial charge is 0.416 e. The van der Waals surface area contributed by atoms with Crippen LogP contribution in [0.2, 0.25) is 0 Å². The number of aromatic nitrogens is 1. The van der Waals surface area contributed by atoms with E-state index in [1.165, 1.54) is 24.3 Å². The minimum atomic E-state index is -4.32.